The standard InChI is InChI=1S/C20H22F2N4O6/c1-24-13(8-32-2)25-7-12(27)15-14(17(28)18(29)16(20(24)31)26(15)25)19(30)23-6-9-3-4-10(21)5-11(9)22/h3-5,12-13,17,27-29H,6-8H2,1-2H3,(H,23,30). The van der Waals surface area contributed by atoms with Crippen molar-refractivity contribution in [2.45, 2.75) is 24.9 Å². The summed E-state index contributed by atoms with van der Waals surface area (Å²) < 4.78 is 32.2. The van der Waals surface area contributed by atoms with Crippen molar-refractivity contribution in [2.75, 3.05) is 27.3 Å². The number of aliphatic hydroxyl groups excluding tert-OH is 3. The van der Waals surface area contributed by atoms with Gasteiger partial charge < -0.3 is 30.3 Å². The molecule has 3 aliphatic heterocycles. The molecule has 0 saturated carbocycles. The van der Waals surface area contributed by atoms with Crippen LogP contribution in [0.4, 0.5) is 8.78 Å². The van der Waals surface area contributed by atoms with E-state index in [0.717, 1.165) is 12.1 Å². The van der Waals surface area contributed by atoms with E-state index in [4.69, 9.17) is 4.74 Å². The van der Waals surface area contributed by atoms with Crippen molar-refractivity contribution in [2.24, 2.45) is 0 Å². The van der Waals surface area contributed by atoms with Gasteiger partial charge in [0.05, 0.1) is 24.4 Å². The third-order valence-corrected chi connectivity index (χ3v) is 5.75. The minimum absolute atomic E-state index is 0.000340. The topological polar surface area (TPSA) is 126 Å². The van der Waals surface area contributed by atoms with Crippen molar-refractivity contribution in [3.05, 3.63) is 58.1 Å². The molecule has 3 atom stereocenters. The predicted molar refractivity (Wildman–Crippen MR) is 104 cm³/mol. The van der Waals surface area contributed by atoms with Crippen molar-refractivity contribution in [1.29, 1.82) is 0 Å². The van der Waals surface area contributed by atoms with E-state index in [-0.39, 0.29) is 42.2 Å². The van der Waals surface area contributed by atoms with Crippen LogP contribution in [0.25, 0.3) is 0 Å². The molecular formula is C20H22F2N4O6. The lowest BCUT2D eigenvalue weighted by Gasteiger charge is -2.48. The van der Waals surface area contributed by atoms with Crippen LogP contribution in [0.2, 0.25) is 0 Å². The van der Waals surface area contributed by atoms with Gasteiger partial charge in [-0.05, 0) is 6.07 Å². The predicted octanol–water partition coefficient (Wildman–Crippen LogP) is -0.683. The number of likely N-dealkylation sites (N-methyl/N-ethyl adjacent to an activating group) is 1. The van der Waals surface area contributed by atoms with Gasteiger partial charge in [-0.3, -0.25) is 14.6 Å². The summed E-state index contributed by atoms with van der Waals surface area (Å²) in [7, 11) is 2.93. The molecule has 1 aromatic carbocycles. The molecule has 3 heterocycles. The van der Waals surface area contributed by atoms with Crippen LogP contribution in [0.1, 0.15) is 5.56 Å². The fraction of sp³-hybridized carbons (Fsp3) is 0.400. The quantitative estimate of drug-likeness (QED) is 0.463. The maximum atomic E-state index is 13.9. The smallest absolute Gasteiger partial charge is 0.276 e. The highest BCUT2D eigenvalue weighted by Gasteiger charge is 2.54. The van der Waals surface area contributed by atoms with Gasteiger partial charge in [0.15, 0.2) is 11.5 Å². The lowest BCUT2D eigenvalue weighted by molar-refractivity contribution is -0.159. The summed E-state index contributed by atoms with van der Waals surface area (Å²) in [4.78, 5) is 27.1. The lowest BCUT2D eigenvalue weighted by atomic mass is 9.96. The van der Waals surface area contributed by atoms with Gasteiger partial charge in [0, 0.05) is 32.3 Å². The van der Waals surface area contributed by atoms with E-state index in [0.29, 0.717) is 6.07 Å². The second kappa shape index (κ2) is 8.13. The molecule has 0 radical (unpaired) electrons. The van der Waals surface area contributed by atoms with Crippen LogP contribution >= 0.6 is 0 Å². The summed E-state index contributed by atoms with van der Waals surface area (Å²) in [5.74, 6) is -3.90. The van der Waals surface area contributed by atoms with Crippen LogP contribution in [0.5, 0.6) is 0 Å². The largest absolute Gasteiger partial charge is 0.507 e. The summed E-state index contributed by atoms with van der Waals surface area (Å²) in [6.45, 7) is -0.284. The number of amides is 2. The number of aliphatic hydroxyl groups is 3. The first-order valence-corrected chi connectivity index (χ1v) is 9.75. The van der Waals surface area contributed by atoms with Crippen LogP contribution in [0, 0.1) is 11.6 Å². The molecule has 2 amide bonds. The third kappa shape index (κ3) is 3.32. The molecule has 10 nitrogen and oxygen atoms in total. The fourth-order valence-corrected chi connectivity index (χ4v) is 4.16. The molecule has 12 heteroatoms. The van der Waals surface area contributed by atoms with E-state index >= 15 is 0 Å². The summed E-state index contributed by atoms with van der Waals surface area (Å²) >= 11 is 0. The second-order valence-electron chi connectivity index (χ2n) is 7.66. The first kappa shape index (κ1) is 22.1. The summed E-state index contributed by atoms with van der Waals surface area (Å²) in [6, 6.07) is 2.87. The number of halogens is 2. The van der Waals surface area contributed by atoms with E-state index in [1.807, 2.05) is 0 Å². The highest BCUT2D eigenvalue weighted by molar-refractivity contribution is 6.00. The number of carbonyl (C=O) groups excluding carboxylic acids is 2. The zero-order valence-corrected chi connectivity index (χ0v) is 17.2. The van der Waals surface area contributed by atoms with Crippen LogP contribution < -0.4 is 5.32 Å². The van der Waals surface area contributed by atoms with Gasteiger partial charge in [0.2, 0.25) is 0 Å². The molecule has 1 aromatic rings. The van der Waals surface area contributed by atoms with E-state index in [1.165, 1.54) is 24.1 Å². The molecule has 4 rings (SSSR count). The Hall–Kier alpha value is -3.06. The van der Waals surface area contributed by atoms with E-state index in [2.05, 4.69) is 5.32 Å². The number of methoxy groups -OCH3 is 1. The first-order chi connectivity index (χ1) is 15.2. The summed E-state index contributed by atoms with van der Waals surface area (Å²) in [6.07, 6.45) is -3.79. The number of carbonyl (C=O) groups is 2. The molecule has 2 fully saturated rings. The SMILES string of the molecule is COCC1N(C)C(=O)C2=C(O)C(O)C(C(=O)NCc3ccc(F)cc3F)=C3C(O)CN1N23. The van der Waals surface area contributed by atoms with E-state index < -0.39 is 47.6 Å². The maximum absolute atomic E-state index is 13.9. The normalized spacial score (nSPS) is 25.6. The number of hydrazine groups is 1. The highest BCUT2D eigenvalue weighted by Crippen LogP contribution is 2.42. The van der Waals surface area contributed by atoms with Gasteiger partial charge in [-0.25, -0.2) is 8.78 Å². The molecule has 0 spiro atoms. The van der Waals surface area contributed by atoms with Crippen molar-refractivity contribution in [1.82, 2.24) is 20.2 Å². The average Bonchev–Trinajstić information content (AvgIpc) is 3.07. The molecule has 2 saturated heterocycles. The van der Waals surface area contributed by atoms with Gasteiger partial charge in [-0.15, -0.1) is 0 Å². The Labute approximate surface area is 181 Å². The second-order valence-corrected chi connectivity index (χ2v) is 7.66. The molecule has 0 aliphatic carbocycles. The number of hydrogen-bond donors (Lipinski definition) is 4. The van der Waals surface area contributed by atoms with Crippen LogP contribution in [0.15, 0.2) is 40.9 Å². The molecule has 4 N–H and O–H groups in total. The Morgan fingerprint density at radius 1 is 1.31 bits per heavy atom. The Balaban J connectivity index is 1.69. The number of benzene rings is 1. The fourth-order valence-electron chi connectivity index (χ4n) is 4.16. The highest BCUT2D eigenvalue weighted by atomic mass is 19.1. The van der Waals surface area contributed by atoms with Gasteiger partial charge in [-0.2, -0.15) is 5.01 Å². The molecule has 0 aromatic heterocycles. The van der Waals surface area contributed by atoms with Gasteiger partial charge in [0.25, 0.3) is 11.8 Å². The maximum Gasteiger partial charge on any atom is 0.276 e. The van der Waals surface area contributed by atoms with E-state index in [1.54, 1.807) is 5.01 Å². The molecule has 3 aliphatic rings. The van der Waals surface area contributed by atoms with Gasteiger partial charge >= 0.3 is 0 Å². The summed E-state index contributed by atoms with van der Waals surface area (Å²) in [5.41, 5.74) is -0.720. The van der Waals surface area contributed by atoms with Crippen molar-refractivity contribution in [3.8, 4) is 0 Å². The molecule has 0 bridgehead atoms. The molecule has 172 valence electrons. The van der Waals surface area contributed by atoms with Crippen LogP contribution in [0.3, 0.4) is 0 Å². The minimum Gasteiger partial charge on any atom is -0.507 e. The zero-order valence-electron chi connectivity index (χ0n) is 17.2. The number of ether oxygens (including phenoxy) is 1. The Kier molecular flexibility index (Phi) is 5.63. The minimum atomic E-state index is -1.89. The van der Waals surface area contributed by atoms with Crippen molar-refractivity contribution >= 4 is 11.8 Å². The lowest BCUT2D eigenvalue weighted by Crippen LogP contribution is -2.63. The van der Waals surface area contributed by atoms with E-state index in [9.17, 15) is 33.7 Å². The average molecular weight is 452 g/mol. The van der Waals surface area contributed by atoms with Crippen LogP contribution in [-0.2, 0) is 20.9 Å². The van der Waals surface area contributed by atoms with Gasteiger partial charge in [0.1, 0.15) is 30.0 Å². The Morgan fingerprint density at radius 3 is 2.69 bits per heavy atom. The first-order valence-electron chi connectivity index (χ1n) is 9.75. The Morgan fingerprint density at radius 2 is 2.03 bits per heavy atom. The molecule has 3 unspecified atom stereocenters. The summed E-state index contributed by atoms with van der Waals surface area (Å²) in [5, 5.41) is 37.1. The van der Waals surface area contributed by atoms with Crippen molar-refractivity contribution < 1.29 is 38.4 Å². The zero-order chi connectivity index (χ0) is 23.3. The van der Waals surface area contributed by atoms with Crippen molar-refractivity contribution in [3.63, 3.8) is 0 Å². The molecule has 32 heavy (non-hydrogen) atoms. The molecular weight excluding hydrogens is 430 g/mol. The Bertz CT molecular complexity index is 1040. The number of hydrogen-bond acceptors (Lipinski definition) is 8. The number of rotatable bonds is 5. The van der Waals surface area contributed by atoms with Gasteiger partial charge in [-0.1, -0.05) is 6.07 Å². The number of nitrogens with one attached hydrogen (secondary N) is 1. The van der Waals surface area contributed by atoms with Crippen LogP contribution in [-0.4, -0.2) is 87.7 Å². The monoisotopic (exact) mass is 452 g/mol. The number of nitrogens with zero attached hydrogens (tertiary/aromatic N) is 3. The third-order valence-electron chi connectivity index (χ3n) is 5.75.